The van der Waals surface area contributed by atoms with E-state index in [1.165, 1.54) is 12.1 Å². The fourth-order valence-electron chi connectivity index (χ4n) is 2.27. The van der Waals surface area contributed by atoms with E-state index >= 15 is 0 Å². The van der Waals surface area contributed by atoms with Crippen molar-refractivity contribution in [3.05, 3.63) is 65.2 Å². The number of rotatable bonds is 4. The van der Waals surface area contributed by atoms with E-state index in [1.54, 1.807) is 6.07 Å². The van der Waals surface area contributed by atoms with Crippen molar-refractivity contribution in [3.63, 3.8) is 0 Å². The van der Waals surface area contributed by atoms with Gasteiger partial charge < -0.3 is 5.32 Å². The summed E-state index contributed by atoms with van der Waals surface area (Å²) in [4.78, 5) is 12.2. The Morgan fingerprint density at radius 1 is 1.09 bits per heavy atom. The number of anilines is 1. The number of amides is 1. The van der Waals surface area contributed by atoms with Crippen molar-refractivity contribution < 1.29 is 18.0 Å². The number of hydrogen-bond acceptors (Lipinski definition) is 1. The van der Waals surface area contributed by atoms with Crippen molar-refractivity contribution in [2.45, 2.75) is 32.4 Å². The Labute approximate surface area is 133 Å². The lowest BCUT2D eigenvalue weighted by molar-refractivity contribution is -0.137. The molecule has 0 bridgehead atoms. The quantitative estimate of drug-likeness (QED) is 0.794. The summed E-state index contributed by atoms with van der Waals surface area (Å²) in [6, 6.07) is 11.6. The molecule has 122 valence electrons. The van der Waals surface area contributed by atoms with Gasteiger partial charge in [0.05, 0.1) is 5.56 Å². The van der Waals surface area contributed by atoms with Crippen LogP contribution in [-0.4, -0.2) is 5.91 Å². The van der Waals surface area contributed by atoms with Crippen LogP contribution in [0.2, 0.25) is 0 Å². The number of alkyl halides is 3. The van der Waals surface area contributed by atoms with Crippen molar-refractivity contribution >= 4 is 11.6 Å². The van der Waals surface area contributed by atoms with Crippen LogP contribution in [0.3, 0.4) is 0 Å². The van der Waals surface area contributed by atoms with E-state index in [0.717, 1.165) is 24.1 Å². The lowest BCUT2D eigenvalue weighted by Crippen LogP contribution is -2.14. The molecule has 5 heteroatoms. The molecule has 2 nitrogen and oxygen atoms in total. The molecule has 1 unspecified atom stereocenters. The van der Waals surface area contributed by atoms with Crippen LogP contribution in [0.15, 0.2) is 48.5 Å². The fourth-order valence-corrected chi connectivity index (χ4v) is 2.27. The largest absolute Gasteiger partial charge is 0.416 e. The number of carbonyl (C=O) groups excluding carboxylic acids is 1. The second kappa shape index (κ2) is 6.86. The van der Waals surface area contributed by atoms with Crippen molar-refractivity contribution in [1.29, 1.82) is 0 Å². The van der Waals surface area contributed by atoms with Gasteiger partial charge in [-0.25, -0.2) is 0 Å². The molecule has 2 rings (SSSR count). The van der Waals surface area contributed by atoms with E-state index < -0.39 is 17.6 Å². The van der Waals surface area contributed by atoms with Gasteiger partial charge in [0.1, 0.15) is 0 Å². The third-order valence-electron chi connectivity index (χ3n) is 3.83. The van der Waals surface area contributed by atoms with E-state index in [-0.39, 0.29) is 11.5 Å². The first-order valence-electron chi connectivity index (χ1n) is 7.40. The Balaban J connectivity index is 2.20. The van der Waals surface area contributed by atoms with Gasteiger partial charge in [-0.3, -0.25) is 4.79 Å². The van der Waals surface area contributed by atoms with Gasteiger partial charge in [-0.05, 0) is 48.2 Å². The summed E-state index contributed by atoms with van der Waals surface area (Å²) in [7, 11) is 0. The van der Waals surface area contributed by atoms with Crippen LogP contribution in [0.4, 0.5) is 18.9 Å². The summed E-state index contributed by atoms with van der Waals surface area (Å²) in [5.74, 6) is -0.145. The molecule has 1 N–H and O–H groups in total. The monoisotopic (exact) mass is 321 g/mol. The highest BCUT2D eigenvalue weighted by Crippen LogP contribution is 2.30. The standard InChI is InChI=1S/C18H18F3NO/c1-3-12(2)15-6-4-5-7-16(15)22-17(23)13-8-10-14(11-9-13)18(19,20)21/h4-12H,3H2,1-2H3,(H,22,23). The number of benzene rings is 2. The van der Waals surface area contributed by atoms with Crippen LogP contribution in [0.25, 0.3) is 0 Å². The number of nitrogens with one attached hydrogen (secondary N) is 1. The van der Waals surface area contributed by atoms with Crippen LogP contribution in [0.1, 0.15) is 47.7 Å². The van der Waals surface area contributed by atoms with Crippen LogP contribution in [0.5, 0.6) is 0 Å². The first-order chi connectivity index (χ1) is 10.8. The van der Waals surface area contributed by atoms with E-state index in [1.807, 2.05) is 18.2 Å². The maximum Gasteiger partial charge on any atom is 0.416 e. The Bertz CT molecular complexity index is 677. The summed E-state index contributed by atoms with van der Waals surface area (Å²) >= 11 is 0. The molecule has 0 spiro atoms. The Kier molecular flexibility index (Phi) is 5.08. The average Bonchev–Trinajstić information content (AvgIpc) is 2.54. The van der Waals surface area contributed by atoms with Gasteiger partial charge in [-0.1, -0.05) is 32.0 Å². The van der Waals surface area contributed by atoms with Gasteiger partial charge in [0, 0.05) is 11.3 Å². The van der Waals surface area contributed by atoms with Gasteiger partial charge in [0.2, 0.25) is 0 Å². The maximum atomic E-state index is 12.5. The topological polar surface area (TPSA) is 29.1 Å². The van der Waals surface area contributed by atoms with Crippen molar-refractivity contribution in [2.24, 2.45) is 0 Å². The zero-order valence-corrected chi connectivity index (χ0v) is 12.9. The smallest absolute Gasteiger partial charge is 0.322 e. The summed E-state index contributed by atoms with van der Waals surface area (Å²) < 4.78 is 37.6. The van der Waals surface area contributed by atoms with Crippen LogP contribution in [0, 0.1) is 0 Å². The van der Waals surface area contributed by atoms with E-state index in [2.05, 4.69) is 19.2 Å². The average molecular weight is 321 g/mol. The van der Waals surface area contributed by atoms with Crippen molar-refractivity contribution in [3.8, 4) is 0 Å². The predicted molar refractivity (Wildman–Crippen MR) is 84.5 cm³/mol. The minimum Gasteiger partial charge on any atom is -0.322 e. The summed E-state index contributed by atoms with van der Waals surface area (Å²) in [5, 5.41) is 2.78. The highest BCUT2D eigenvalue weighted by Gasteiger charge is 2.30. The number of carbonyl (C=O) groups is 1. The Morgan fingerprint density at radius 3 is 2.26 bits per heavy atom. The molecule has 0 saturated heterocycles. The van der Waals surface area contributed by atoms with Gasteiger partial charge in [-0.15, -0.1) is 0 Å². The maximum absolute atomic E-state index is 12.5. The zero-order valence-electron chi connectivity index (χ0n) is 12.9. The number of halogens is 3. The van der Waals surface area contributed by atoms with Gasteiger partial charge in [0.15, 0.2) is 0 Å². The summed E-state index contributed by atoms with van der Waals surface area (Å²) in [6.45, 7) is 4.11. The Hall–Kier alpha value is -2.30. The molecule has 2 aromatic rings. The fraction of sp³-hybridized carbons (Fsp3) is 0.278. The SMILES string of the molecule is CCC(C)c1ccccc1NC(=O)c1ccc(C(F)(F)F)cc1. The number of hydrogen-bond donors (Lipinski definition) is 1. The Morgan fingerprint density at radius 2 is 1.70 bits per heavy atom. The molecule has 1 atom stereocenters. The molecule has 23 heavy (non-hydrogen) atoms. The highest BCUT2D eigenvalue weighted by molar-refractivity contribution is 6.04. The predicted octanol–water partition coefficient (Wildman–Crippen LogP) is 5.47. The van der Waals surface area contributed by atoms with E-state index in [0.29, 0.717) is 5.69 Å². The molecule has 0 aliphatic heterocycles. The highest BCUT2D eigenvalue weighted by atomic mass is 19.4. The molecule has 0 fully saturated rings. The minimum absolute atomic E-state index is 0.192. The third kappa shape index (κ3) is 4.12. The normalized spacial score (nSPS) is 12.7. The number of para-hydroxylation sites is 1. The van der Waals surface area contributed by atoms with Crippen LogP contribution < -0.4 is 5.32 Å². The molecular formula is C18H18F3NO. The molecule has 1 amide bonds. The second-order valence-electron chi connectivity index (χ2n) is 5.43. The first-order valence-corrected chi connectivity index (χ1v) is 7.40. The zero-order chi connectivity index (χ0) is 17.0. The first kappa shape index (κ1) is 17.1. The lowest BCUT2D eigenvalue weighted by Gasteiger charge is -2.15. The van der Waals surface area contributed by atoms with Crippen LogP contribution in [-0.2, 0) is 6.18 Å². The van der Waals surface area contributed by atoms with Gasteiger partial charge in [-0.2, -0.15) is 13.2 Å². The summed E-state index contributed by atoms with van der Waals surface area (Å²) in [6.07, 6.45) is -3.48. The van der Waals surface area contributed by atoms with Crippen molar-refractivity contribution in [1.82, 2.24) is 0 Å². The molecule has 0 saturated carbocycles. The molecular weight excluding hydrogens is 303 g/mol. The van der Waals surface area contributed by atoms with Crippen LogP contribution >= 0.6 is 0 Å². The molecule has 0 radical (unpaired) electrons. The minimum atomic E-state index is -4.40. The van der Waals surface area contributed by atoms with Gasteiger partial charge in [0.25, 0.3) is 5.91 Å². The molecule has 2 aromatic carbocycles. The molecule has 0 aromatic heterocycles. The van der Waals surface area contributed by atoms with E-state index in [4.69, 9.17) is 0 Å². The summed E-state index contributed by atoms with van der Waals surface area (Å²) in [5.41, 5.74) is 1.12. The molecule has 0 aliphatic rings. The van der Waals surface area contributed by atoms with E-state index in [9.17, 15) is 18.0 Å². The molecule has 0 aliphatic carbocycles. The second-order valence-corrected chi connectivity index (χ2v) is 5.43. The van der Waals surface area contributed by atoms with Gasteiger partial charge >= 0.3 is 6.18 Å². The third-order valence-corrected chi connectivity index (χ3v) is 3.83. The molecule has 0 heterocycles. The lowest BCUT2D eigenvalue weighted by atomic mass is 9.96. The van der Waals surface area contributed by atoms with Crippen molar-refractivity contribution in [2.75, 3.05) is 5.32 Å².